The largest absolute Gasteiger partial charge is 0.444 e. The number of benzene rings is 1. The summed E-state index contributed by atoms with van der Waals surface area (Å²) in [4.78, 5) is 24.0. The predicted molar refractivity (Wildman–Crippen MR) is 83.8 cm³/mol. The van der Waals surface area contributed by atoms with Crippen molar-refractivity contribution in [2.45, 2.75) is 52.2 Å². The van der Waals surface area contributed by atoms with Crippen molar-refractivity contribution in [1.29, 1.82) is 0 Å². The minimum absolute atomic E-state index is 0.0940. The number of amides is 1. The van der Waals surface area contributed by atoms with Crippen molar-refractivity contribution in [2.75, 3.05) is 0 Å². The van der Waals surface area contributed by atoms with Gasteiger partial charge in [0.15, 0.2) is 5.78 Å². The van der Waals surface area contributed by atoms with E-state index in [1.165, 1.54) is 0 Å². The Kier molecular flexibility index (Phi) is 6.21. The number of rotatable bonds is 5. The molecule has 0 saturated heterocycles. The van der Waals surface area contributed by atoms with Crippen molar-refractivity contribution in [3.05, 3.63) is 34.9 Å². The monoisotopic (exact) mass is 311 g/mol. The van der Waals surface area contributed by atoms with Crippen molar-refractivity contribution in [1.82, 2.24) is 5.32 Å². The van der Waals surface area contributed by atoms with Gasteiger partial charge in [-0.25, -0.2) is 4.79 Å². The van der Waals surface area contributed by atoms with E-state index in [2.05, 4.69) is 5.32 Å². The van der Waals surface area contributed by atoms with Gasteiger partial charge < -0.3 is 10.1 Å². The Balaban J connectivity index is 2.64. The van der Waals surface area contributed by atoms with Crippen molar-refractivity contribution in [3.8, 4) is 0 Å². The molecule has 1 amide bonds. The Labute approximate surface area is 130 Å². The third kappa shape index (κ3) is 6.17. The molecule has 0 aromatic heterocycles. The van der Waals surface area contributed by atoms with E-state index in [9.17, 15) is 9.59 Å². The molecule has 0 fully saturated rings. The van der Waals surface area contributed by atoms with Gasteiger partial charge in [-0.2, -0.15) is 0 Å². The number of ether oxygens (including phenoxy) is 1. The molecule has 1 unspecified atom stereocenters. The lowest BCUT2D eigenvalue weighted by Crippen LogP contribution is -2.39. The minimum atomic E-state index is -0.560. The molecule has 116 valence electrons. The molecule has 0 bridgehead atoms. The Morgan fingerprint density at radius 3 is 2.43 bits per heavy atom. The van der Waals surface area contributed by atoms with Gasteiger partial charge in [-0.1, -0.05) is 30.7 Å². The number of Topliss-reactive ketones (excluding diaryl/α,β-unsaturated/α-hetero) is 1. The molecular weight excluding hydrogens is 290 g/mol. The number of hydrogen-bond donors (Lipinski definition) is 1. The lowest BCUT2D eigenvalue weighted by atomic mass is 10.0. The molecule has 1 rings (SSSR count). The van der Waals surface area contributed by atoms with Gasteiger partial charge in [0.2, 0.25) is 0 Å². The average molecular weight is 312 g/mol. The molecule has 0 heterocycles. The van der Waals surface area contributed by atoms with Crippen LogP contribution in [0.2, 0.25) is 5.02 Å². The summed E-state index contributed by atoms with van der Waals surface area (Å²) in [6.45, 7) is 7.29. The van der Waals surface area contributed by atoms with Crippen LogP contribution >= 0.6 is 11.6 Å². The zero-order chi connectivity index (χ0) is 16.0. The molecule has 0 aliphatic rings. The zero-order valence-corrected chi connectivity index (χ0v) is 13.7. The molecule has 1 N–H and O–H groups in total. The van der Waals surface area contributed by atoms with E-state index >= 15 is 0 Å². The van der Waals surface area contributed by atoms with Gasteiger partial charge in [0.25, 0.3) is 0 Å². The first-order valence-corrected chi connectivity index (χ1v) is 7.38. The Hall–Kier alpha value is -1.55. The summed E-state index contributed by atoms with van der Waals surface area (Å²) in [5, 5.41) is 3.14. The van der Waals surface area contributed by atoms with E-state index in [0.29, 0.717) is 17.0 Å². The zero-order valence-electron chi connectivity index (χ0n) is 12.9. The molecular formula is C16H22ClNO3. The Morgan fingerprint density at radius 1 is 1.29 bits per heavy atom. The van der Waals surface area contributed by atoms with Crippen LogP contribution in [0.4, 0.5) is 4.79 Å². The summed E-state index contributed by atoms with van der Waals surface area (Å²) in [6, 6.07) is 6.63. The van der Waals surface area contributed by atoms with E-state index in [4.69, 9.17) is 16.3 Å². The normalized spacial score (nSPS) is 12.6. The Bertz CT molecular complexity index is 508. The van der Waals surface area contributed by atoms with E-state index in [1.54, 1.807) is 45.0 Å². The second-order valence-electron chi connectivity index (χ2n) is 5.86. The van der Waals surface area contributed by atoms with E-state index in [1.807, 2.05) is 6.92 Å². The number of alkyl carbamates (subject to hydrolysis) is 1. The predicted octanol–water partition coefficient (Wildman–Crippen LogP) is 4.22. The molecule has 0 spiro atoms. The summed E-state index contributed by atoms with van der Waals surface area (Å²) in [5.41, 5.74) is -0.0848. The van der Waals surface area contributed by atoms with Crippen LogP contribution in [-0.2, 0) is 4.74 Å². The standard InChI is InChI=1S/C16H22ClNO3/c1-5-11(18-15(20)21-16(2,3)4)10-14(19)12-8-6-7-9-13(12)17/h6-9,11H,5,10H2,1-4H3,(H,18,20). The first kappa shape index (κ1) is 17.5. The molecule has 1 aromatic carbocycles. The number of carbonyl (C=O) groups is 2. The summed E-state index contributed by atoms with van der Waals surface area (Å²) in [7, 11) is 0. The molecule has 5 heteroatoms. The van der Waals surface area contributed by atoms with Gasteiger partial charge in [-0.15, -0.1) is 0 Å². The first-order valence-electron chi connectivity index (χ1n) is 7.00. The second kappa shape index (κ2) is 7.46. The van der Waals surface area contributed by atoms with Crippen LogP contribution in [0, 0.1) is 0 Å². The van der Waals surface area contributed by atoms with Crippen LogP contribution in [0.1, 0.15) is 50.9 Å². The van der Waals surface area contributed by atoms with Gasteiger partial charge >= 0.3 is 6.09 Å². The SMILES string of the molecule is CCC(CC(=O)c1ccccc1Cl)NC(=O)OC(C)(C)C. The lowest BCUT2D eigenvalue weighted by Gasteiger charge is -2.22. The fraction of sp³-hybridized carbons (Fsp3) is 0.500. The Morgan fingerprint density at radius 2 is 1.90 bits per heavy atom. The highest BCUT2D eigenvalue weighted by Gasteiger charge is 2.21. The fourth-order valence-electron chi connectivity index (χ4n) is 1.79. The second-order valence-corrected chi connectivity index (χ2v) is 6.27. The number of hydrogen-bond acceptors (Lipinski definition) is 3. The quantitative estimate of drug-likeness (QED) is 0.828. The smallest absolute Gasteiger partial charge is 0.407 e. The fourth-order valence-corrected chi connectivity index (χ4v) is 2.03. The van der Waals surface area contributed by atoms with Gasteiger partial charge in [0, 0.05) is 18.0 Å². The summed E-state index contributed by atoms with van der Waals surface area (Å²) >= 11 is 6.01. The van der Waals surface area contributed by atoms with Gasteiger partial charge in [0.05, 0.1) is 5.02 Å². The summed E-state index contributed by atoms with van der Waals surface area (Å²) < 4.78 is 5.19. The van der Waals surface area contributed by atoms with Gasteiger partial charge in [-0.3, -0.25) is 4.79 Å². The molecule has 4 nitrogen and oxygen atoms in total. The van der Waals surface area contributed by atoms with E-state index in [-0.39, 0.29) is 18.2 Å². The highest BCUT2D eigenvalue weighted by Crippen LogP contribution is 2.18. The van der Waals surface area contributed by atoms with Crippen molar-refractivity contribution < 1.29 is 14.3 Å². The molecule has 21 heavy (non-hydrogen) atoms. The first-order chi connectivity index (χ1) is 9.73. The van der Waals surface area contributed by atoms with Crippen molar-refractivity contribution >= 4 is 23.5 Å². The topological polar surface area (TPSA) is 55.4 Å². The number of nitrogens with one attached hydrogen (secondary N) is 1. The van der Waals surface area contributed by atoms with Crippen molar-refractivity contribution in [2.24, 2.45) is 0 Å². The van der Waals surface area contributed by atoms with Gasteiger partial charge in [0.1, 0.15) is 5.60 Å². The molecule has 0 saturated carbocycles. The third-order valence-electron chi connectivity index (χ3n) is 2.82. The van der Waals surface area contributed by atoms with E-state index < -0.39 is 11.7 Å². The van der Waals surface area contributed by atoms with Crippen LogP contribution in [-0.4, -0.2) is 23.5 Å². The molecule has 0 aliphatic heterocycles. The summed E-state index contributed by atoms with van der Waals surface area (Å²) in [6.07, 6.45) is 0.316. The average Bonchev–Trinajstić information content (AvgIpc) is 2.36. The molecule has 1 atom stereocenters. The van der Waals surface area contributed by atoms with Crippen LogP contribution in [0.5, 0.6) is 0 Å². The molecule has 1 aromatic rings. The lowest BCUT2D eigenvalue weighted by molar-refractivity contribution is 0.0500. The highest BCUT2D eigenvalue weighted by molar-refractivity contribution is 6.33. The van der Waals surface area contributed by atoms with Crippen LogP contribution < -0.4 is 5.32 Å². The highest BCUT2D eigenvalue weighted by atomic mass is 35.5. The maximum Gasteiger partial charge on any atom is 0.407 e. The third-order valence-corrected chi connectivity index (χ3v) is 3.15. The summed E-state index contributed by atoms with van der Waals surface area (Å²) in [5.74, 6) is -0.0940. The maximum atomic E-state index is 12.2. The van der Waals surface area contributed by atoms with Crippen LogP contribution in [0.25, 0.3) is 0 Å². The van der Waals surface area contributed by atoms with Crippen LogP contribution in [0.3, 0.4) is 0 Å². The number of carbonyl (C=O) groups excluding carboxylic acids is 2. The number of ketones is 1. The molecule has 0 radical (unpaired) electrons. The number of halogens is 1. The van der Waals surface area contributed by atoms with E-state index in [0.717, 1.165) is 0 Å². The van der Waals surface area contributed by atoms with Crippen LogP contribution in [0.15, 0.2) is 24.3 Å². The minimum Gasteiger partial charge on any atom is -0.444 e. The van der Waals surface area contributed by atoms with Crippen molar-refractivity contribution in [3.63, 3.8) is 0 Å². The van der Waals surface area contributed by atoms with Gasteiger partial charge in [-0.05, 0) is 39.3 Å². The maximum absolute atomic E-state index is 12.2. The molecule has 0 aliphatic carbocycles.